The van der Waals surface area contributed by atoms with E-state index in [1.165, 1.54) is 18.2 Å². The molecular formula is C14H10Cl2F2SiZr. The molecule has 1 aliphatic carbocycles. The van der Waals surface area contributed by atoms with Crippen LogP contribution in [0.5, 0.6) is 0 Å². The normalized spacial score (nSPS) is 14.2. The standard InChI is InChI=1S/C14H10F2Si.2ClH.Zr/c1-17-14-11-7-8(15)5-6-9(11)10-3-2-4-12(16)13(10)14;;;/h2-7,14H,1H3;2*1H;/q;;;+2/p-2. The SMILES string of the molecule is C[Si]C1c2cc(F)ccc2-c2cccc(F)c21.[Cl-].[Cl-].[Zr+2]. The second-order valence-electron chi connectivity index (χ2n) is 4.15. The molecule has 1 atom stereocenters. The largest absolute Gasteiger partial charge is 2.00 e. The zero-order valence-corrected chi connectivity index (χ0v) is 15.5. The summed E-state index contributed by atoms with van der Waals surface area (Å²) in [6.45, 7) is 2.03. The van der Waals surface area contributed by atoms with Crippen molar-refractivity contribution in [3.63, 3.8) is 0 Å². The fourth-order valence-electron chi connectivity index (χ4n) is 2.54. The van der Waals surface area contributed by atoms with Gasteiger partial charge in [-0.2, -0.15) is 0 Å². The molecule has 0 N–H and O–H groups in total. The Bertz CT molecular complexity index is 608. The van der Waals surface area contributed by atoms with Gasteiger partial charge in [0.2, 0.25) is 0 Å². The Morgan fingerprint density at radius 2 is 1.70 bits per heavy atom. The number of hydrogen-bond acceptors (Lipinski definition) is 0. The van der Waals surface area contributed by atoms with Crippen LogP contribution in [0.15, 0.2) is 36.4 Å². The molecular weight excluding hydrogens is 396 g/mol. The van der Waals surface area contributed by atoms with Crippen LogP contribution in [0.3, 0.4) is 0 Å². The van der Waals surface area contributed by atoms with Crippen LogP contribution in [-0.4, -0.2) is 9.52 Å². The second kappa shape index (κ2) is 7.84. The molecule has 1 aliphatic rings. The van der Waals surface area contributed by atoms with E-state index in [0.29, 0.717) is 9.52 Å². The molecule has 0 spiro atoms. The van der Waals surface area contributed by atoms with Gasteiger partial charge in [-0.25, -0.2) is 8.78 Å². The average molecular weight is 406 g/mol. The van der Waals surface area contributed by atoms with E-state index in [4.69, 9.17) is 0 Å². The zero-order valence-electron chi connectivity index (χ0n) is 10.6. The van der Waals surface area contributed by atoms with Crippen LogP contribution >= 0.6 is 0 Å². The summed E-state index contributed by atoms with van der Waals surface area (Å²) < 4.78 is 27.2. The number of halogens is 4. The maximum Gasteiger partial charge on any atom is 2.00 e. The van der Waals surface area contributed by atoms with Crippen molar-refractivity contribution in [3.8, 4) is 11.1 Å². The third kappa shape index (κ3) is 3.09. The monoisotopic (exact) mass is 404 g/mol. The van der Waals surface area contributed by atoms with E-state index >= 15 is 0 Å². The van der Waals surface area contributed by atoms with Crippen LogP contribution in [-0.2, 0) is 26.2 Å². The van der Waals surface area contributed by atoms with E-state index in [9.17, 15) is 8.78 Å². The van der Waals surface area contributed by atoms with Gasteiger partial charge in [0.05, 0.1) is 9.52 Å². The van der Waals surface area contributed by atoms with Crippen LogP contribution in [0, 0.1) is 11.6 Å². The summed E-state index contributed by atoms with van der Waals surface area (Å²) in [5, 5.41) is 0. The Balaban J connectivity index is 0.00000120. The van der Waals surface area contributed by atoms with Crippen molar-refractivity contribution in [2.24, 2.45) is 0 Å². The Labute approximate surface area is 151 Å². The van der Waals surface area contributed by atoms with Gasteiger partial charge in [0.25, 0.3) is 0 Å². The van der Waals surface area contributed by atoms with E-state index < -0.39 is 0 Å². The topological polar surface area (TPSA) is 0 Å². The molecule has 0 aromatic heterocycles. The van der Waals surface area contributed by atoms with Gasteiger partial charge in [-0.1, -0.05) is 24.7 Å². The molecule has 2 radical (unpaired) electrons. The first-order valence-corrected chi connectivity index (χ1v) is 7.05. The minimum Gasteiger partial charge on any atom is -1.00 e. The molecule has 6 heteroatoms. The molecule has 102 valence electrons. The van der Waals surface area contributed by atoms with E-state index in [-0.39, 0.29) is 68.2 Å². The number of fused-ring (bicyclic) bond motifs is 3. The molecule has 0 fully saturated rings. The summed E-state index contributed by atoms with van der Waals surface area (Å²) in [7, 11) is 0.532. The minimum absolute atomic E-state index is 0. The first-order valence-electron chi connectivity index (χ1n) is 5.48. The molecule has 2 aromatic rings. The quantitative estimate of drug-likeness (QED) is 0.472. The maximum absolute atomic E-state index is 13.9. The van der Waals surface area contributed by atoms with Crippen molar-refractivity contribution in [1.29, 1.82) is 0 Å². The number of rotatable bonds is 1. The van der Waals surface area contributed by atoms with Crippen molar-refractivity contribution >= 4 is 9.52 Å². The molecule has 2 aromatic carbocycles. The van der Waals surface area contributed by atoms with E-state index in [1.54, 1.807) is 12.1 Å². The second-order valence-corrected chi connectivity index (χ2v) is 5.31. The van der Waals surface area contributed by atoms with Gasteiger partial charge in [-0.05, 0) is 40.5 Å². The van der Waals surface area contributed by atoms with Crippen LogP contribution in [0.1, 0.15) is 16.7 Å². The van der Waals surface area contributed by atoms with Gasteiger partial charge in [-0.15, -0.1) is 0 Å². The summed E-state index contributed by atoms with van der Waals surface area (Å²) in [5.74, 6) is -0.432. The summed E-state index contributed by atoms with van der Waals surface area (Å²) in [6.07, 6.45) is 0. The predicted octanol–water partition coefficient (Wildman–Crippen LogP) is -2.21. The van der Waals surface area contributed by atoms with Gasteiger partial charge in [0, 0.05) is 5.54 Å². The van der Waals surface area contributed by atoms with Gasteiger partial charge in [0.15, 0.2) is 0 Å². The van der Waals surface area contributed by atoms with E-state index in [2.05, 4.69) is 0 Å². The van der Waals surface area contributed by atoms with Crippen LogP contribution in [0.4, 0.5) is 8.78 Å². The van der Waals surface area contributed by atoms with Gasteiger partial charge < -0.3 is 24.8 Å². The van der Waals surface area contributed by atoms with E-state index in [1.807, 2.05) is 12.6 Å². The maximum atomic E-state index is 13.9. The van der Waals surface area contributed by atoms with Crippen molar-refractivity contribution in [2.75, 3.05) is 0 Å². The van der Waals surface area contributed by atoms with Crippen molar-refractivity contribution in [1.82, 2.24) is 0 Å². The molecule has 3 rings (SSSR count). The smallest absolute Gasteiger partial charge is 1.00 e. The Morgan fingerprint density at radius 1 is 1.00 bits per heavy atom. The third-order valence-corrected chi connectivity index (χ3v) is 4.42. The molecule has 1 unspecified atom stereocenters. The molecule has 0 bridgehead atoms. The first kappa shape index (κ1) is 20.0. The van der Waals surface area contributed by atoms with Crippen LogP contribution in [0.2, 0.25) is 6.55 Å². The van der Waals surface area contributed by atoms with Crippen LogP contribution in [0.25, 0.3) is 11.1 Å². The predicted molar refractivity (Wildman–Crippen MR) is 65.3 cm³/mol. The minimum atomic E-state index is -0.250. The average Bonchev–Trinajstić information content (AvgIpc) is 2.63. The fourth-order valence-corrected chi connectivity index (χ4v) is 3.67. The Hall–Kier alpha value is -0.0200. The molecule has 0 saturated heterocycles. The molecule has 0 saturated carbocycles. The third-order valence-electron chi connectivity index (χ3n) is 3.25. The molecule has 0 nitrogen and oxygen atoms in total. The molecule has 0 heterocycles. The number of benzene rings is 2. The first-order chi connectivity index (χ1) is 8.22. The summed E-state index contributed by atoms with van der Waals surface area (Å²) in [4.78, 5) is 0. The summed E-state index contributed by atoms with van der Waals surface area (Å²) >= 11 is 0. The molecule has 0 aliphatic heterocycles. The van der Waals surface area contributed by atoms with Crippen molar-refractivity contribution < 1.29 is 59.8 Å². The summed E-state index contributed by atoms with van der Waals surface area (Å²) in [5.41, 5.74) is 3.55. The number of hydrogen-bond donors (Lipinski definition) is 0. The fraction of sp³-hybridized carbons (Fsp3) is 0.143. The van der Waals surface area contributed by atoms with E-state index in [0.717, 1.165) is 22.3 Å². The molecule has 0 amide bonds. The van der Waals surface area contributed by atoms with Crippen molar-refractivity contribution in [3.05, 3.63) is 59.2 Å². The zero-order chi connectivity index (χ0) is 12.0. The Morgan fingerprint density at radius 3 is 2.35 bits per heavy atom. The summed E-state index contributed by atoms with van der Waals surface area (Å²) in [6, 6.07) is 9.83. The van der Waals surface area contributed by atoms with Crippen LogP contribution < -0.4 is 24.8 Å². The Kier molecular flexibility index (Phi) is 7.83. The van der Waals surface area contributed by atoms with Gasteiger partial charge in [-0.3, -0.25) is 0 Å². The van der Waals surface area contributed by atoms with Gasteiger partial charge >= 0.3 is 26.2 Å². The van der Waals surface area contributed by atoms with Gasteiger partial charge in [0.1, 0.15) is 11.6 Å². The molecule has 20 heavy (non-hydrogen) atoms. The van der Waals surface area contributed by atoms with Crippen molar-refractivity contribution in [2.45, 2.75) is 12.1 Å².